The van der Waals surface area contributed by atoms with Crippen molar-refractivity contribution in [1.29, 1.82) is 0 Å². The Kier molecular flexibility index (Phi) is 7.77. The van der Waals surface area contributed by atoms with E-state index in [1.54, 1.807) is 40.9 Å². The van der Waals surface area contributed by atoms with Crippen molar-refractivity contribution in [2.75, 3.05) is 30.9 Å². The standard InChI is InChI=1S/C34H38N4O5/c1-33(2,3)37(5)32(43)36(4)19-11-13-23(29(39)40)20-22-12-10-14-24(21-22)38-28-18-9-7-16-26(28)34(31(38)42)25-15-6-8-17-27(25)35-30(34)41/h6-10,12,14-18,21,23H,11,13,19-20H2,1-5H3,(H,35,41)(H,39,40). The first-order valence-corrected chi connectivity index (χ1v) is 14.5. The van der Waals surface area contributed by atoms with E-state index in [2.05, 4.69) is 5.32 Å². The molecular weight excluding hydrogens is 544 g/mol. The molecule has 0 aliphatic carbocycles. The van der Waals surface area contributed by atoms with Crippen molar-refractivity contribution in [2.45, 2.75) is 51.0 Å². The highest BCUT2D eigenvalue weighted by molar-refractivity contribution is 6.32. The third-order valence-corrected chi connectivity index (χ3v) is 8.66. The quantitative estimate of drug-likeness (QED) is 0.345. The van der Waals surface area contributed by atoms with Crippen LogP contribution in [0.3, 0.4) is 0 Å². The summed E-state index contributed by atoms with van der Waals surface area (Å²) in [5.41, 5.74) is 2.02. The number of amides is 4. The fraction of sp³-hybridized carbons (Fsp3) is 0.353. The van der Waals surface area contributed by atoms with Gasteiger partial charge in [-0.3, -0.25) is 19.3 Å². The highest BCUT2D eigenvalue weighted by Crippen LogP contribution is 2.53. The van der Waals surface area contributed by atoms with Gasteiger partial charge in [-0.25, -0.2) is 4.79 Å². The molecule has 2 heterocycles. The van der Waals surface area contributed by atoms with Gasteiger partial charge in [-0.1, -0.05) is 48.5 Å². The van der Waals surface area contributed by atoms with Crippen molar-refractivity contribution in [1.82, 2.24) is 9.80 Å². The van der Waals surface area contributed by atoms with E-state index in [0.29, 0.717) is 47.6 Å². The van der Waals surface area contributed by atoms with E-state index >= 15 is 0 Å². The maximum Gasteiger partial charge on any atom is 0.319 e. The fourth-order valence-electron chi connectivity index (χ4n) is 6.00. The second-order valence-electron chi connectivity index (χ2n) is 12.4. The van der Waals surface area contributed by atoms with E-state index in [1.165, 1.54) is 0 Å². The van der Waals surface area contributed by atoms with Gasteiger partial charge in [0.1, 0.15) is 0 Å². The number of nitrogens with one attached hydrogen (secondary N) is 1. The molecule has 0 radical (unpaired) electrons. The summed E-state index contributed by atoms with van der Waals surface area (Å²) in [6.07, 6.45) is 1.19. The minimum absolute atomic E-state index is 0.112. The van der Waals surface area contributed by atoms with Crippen molar-refractivity contribution >= 4 is 40.9 Å². The molecule has 2 N–H and O–H groups in total. The highest BCUT2D eigenvalue weighted by Gasteiger charge is 2.61. The second kappa shape index (κ2) is 11.2. The number of urea groups is 1. The van der Waals surface area contributed by atoms with Crippen molar-refractivity contribution in [2.24, 2.45) is 5.92 Å². The van der Waals surface area contributed by atoms with Crippen molar-refractivity contribution in [3.63, 3.8) is 0 Å². The first-order valence-electron chi connectivity index (χ1n) is 14.5. The molecule has 3 aromatic carbocycles. The lowest BCUT2D eigenvalue weighted by Gasteiger charge is -2.35. The number of para-hydroxylation sites is 2. The number of rotatable bonds is 8. The van der Waals surface area contributed by atoms with Gasteiger partial charge in [0, 0.05) is 48.7 Å². The van der Waals surface area contributed by atoms with Crippen molar-refractivity contribution < 1.29 is 24.3 Å². The molecule has 43 heavy (non-hydrogen) atoms. The summed E-state index contributed by atoms with van der Waals surface area (Å²) >= 11 is 0. The number of carboxylic acids is 1. The Morgan fingerprint density at radius 3 is 2.33 bits per heavy atom. The zero-order valence-electron chi connectivity index (χ0n) is 25.3. The van der Waals surface area contributed by atoms with Gasteiger partial charge in [0.25, 0.3) is 5.91 Å². The predicted octanol–water partition coefficient (Wildman–Crippen LogP) is 5.41. The molecule has 0 bridgehead atoms. The Morgan fingerprint density at radius 1 is 0.953 bits per heavy atom. The molecule has 2 aliphatic rings. The maximum absolute atomic E-state index is 14.3. The molecule has 0 saturated heterocycles. The third-order valence-electron chi connectivity index (χ3n) is 8.66. The Bertz CT molecular complexity index is 1600. The summed E-state index contributed by atoms with van der Waals surface area (Å²) in [6, 6.07) is 21.7. The van der Waals surface area contributed by atoms with Crippen LogP contribution in [-0.2, 0) is 26.2 Å². The lowest BCUT2D eigenvalue weighted by Crippen LogP contribution is -2.48. The zero-order chi connectivity index (χ0) is 31.1. The van der Waals surface area contributed by atoms with E-state index in [1.807, 2.05) is 81.4 Å². The lowest BCUT2D eigenvalue weighted by atomic mass is 9.76. The van der Waals surface area contributed by atoms with Crippen LogP contribution >= 0.6 is 0 Å². The van der Waals surface area contributed by atoms with E-state index in [4.69, 9.17) is 0 Å². The maximum atomic E-state index is 14.3. The first-order chi connectivity index (χ1) is 20.4. The van der Waals surface area contributed by atoms with Gasteiger partial charge in [-0.2, -0.15) is 0 Å². The van der Waals surface area contributed by atoms with Crippen LogP contribution in [0.1, 0.15) is 50.3 Å². The van der Waals surface area contributed by atoms with Crippen molar-refractivity contribution in [3.05, 3.63) is 89.5 Å². The topological polar surface area (TPSA) is 110 Å². The zero-order valence-corrected chi connectivity index (χ0v) is 25.3. The monoisotopic (exact) mass is 582 g/mol. The summed E-state index contributed by atoms with van der Waals surface area (Å²) in [5, 5.41) is 12.9. The largest absolute Gasteiger partial charge is 0.481 e. The molecule has 3 aromatic rings. The molecule has 224 valence electrons. The van der Waals surface area contributed by atoms with E-state index < -0.39 is 17.3 Å². The number of fused-ring (bicyclic) bond motifs is 4. The molecule has 2 aliphatic heterocycles. The van der Waals surface area contributed by atoms with Crippen molar-refractivity contribution in [3.8, 4) is 0 Å². The Balaban J connectivity index is 1.36. The number of nitrogens with zero attached hydrogens (tertiary/aromatic N) is 3. The minimum Gasteiger partial charge on any atom is -0.481 e. The minimum atomic E-state index is -1.49. The highest BCUT2D eigenvalue weighted by atomic mass is 16.4. The Morgan fingerprint density at radius 2 is 1.63 bits per heavy atom. The first kappa shape index (κ1) is 29.8. The van der Waals surface area contributed by atoms with Crippen LogP contribution in [0.5, 0.6) is 0 Å². The van der Waals surface area contributed by atoms with Crippen LogP contribution in [0.25, 0.3) is 0 Å². The summed E-state index contributed by atoms with van der Waals surface area (Å²) in [7, 11) is 3.49. The molecule has 2 unspecified atom stereocenters. The van der Waals surface area contributed by atoms with Gasteiger partial charge in [0.05, 0.1) is 11.6 Å². The van der Waals surface area contributed by atoms with Crippen LogP contribution in [0, 0.1) is 5.92 Å². The molecule has 0 aromatic heterocycles. The molecule has 4 amide bonds. The van der Waals surface area contributed by atoms with E-state index in [9.17, 15) is 24.3 Å². The van der Waals surface area contributed by atoms with Crippen LogP contribution < -0.4 is 10.2 Å². The number of hydrogen-bond acceptors (Lipinski definition) is 4. The normalized spacial score (nSPS) is 17.8. The van der Waals surface area contributed by atoms with Gasteiger partial charge >= 0.3 is 12.0 Å². The number of benzene rings is 3. The molecule has 0 fully saturated rings. The smallest absolute Gasteiger partial charge is 0.319 e. The number of hydrogen-bond donors (Lipinski definition) is 2. The molecular formula is C34H38N4O5. The van der Waals surface area contributed by atoms with Crippen LogP contribution in [-0.4, -0.2) is 64.9 Å². The van der Waals surface area contributed by atoms with Crippen LogP contribution in [0.15, 0.2) is 72.8 Å². The Labute approximate surface area is 252 Å². The molecule has 9 heteroatoms. The average molecular weight is 583 g/mol. The van der Waals surface area contributed by atoms with Gasteiger partial charge in [0.2, 0.25) is 5.91 Å². The number of anilines is 3. The van der Waals surface area contributed by atoms with E-state index in [0.717, 1.165) is 5.56 Å². The number of aliphatic carboxylic acids is 1. The molecule has 5 rings (SSSR count). The molecule has 1 spiro atoms. The molecule has 2 atom stereocenters. The predicted molar refractivity (Wildman–Crippen MR) is 165 cm³/mol. The fourth-order valence-corrected chi connectivity index (χ4v) is 6.00. The van der Waals surface area contributed by atoms with Crippen LogP contribution in [0.2, 0.25) is 0 Å². The summed E-state index contributed by atoms with van der Waals surface area (Å²) in [5.74, 6) is -2.32. The van der Waals surface area contributed by atoms with Gasteiger partial charge in [0.15, 0.2) is 5.41 Å². The molecule has 0 saturated carbocycles. The van der Waals surface area contributed by atoms with Gasteiger partial charge < -0.3 is 20.2 Å². The lowest BCUT2D eigenvalue weighted by molar-refractivity contribution is -0.142. The third kappa shape index (κ3) is 5.13. The summed E-state index contributed by atoms with van der Waals surface area (Å²) in [6.45, 7) is 6.32. The summed E-state index contributed by atoms with van der Waals surface area (Å²) < 4.78 is 0. The number of carbonyl (C=O) groups is 4. The van der Waals surface area contributed by atoms with Gasteiger partial charge in [-0.15, -0.1) is 0 Å². The Hall–Kier alpha value is -4.66. The number of carboxylic acid groups (broad SMARTS) is 1. The van der Waals surface area contributed by atoms with Crippen LogP contribution in [0.4, 0.5) is 21.9 Å². The van der Waals surface area contributed by atoms with Gasteiger partial charge in [-0.05, 0) is 69.9 Å². The molecule has 9 nitrogen and oxygen atoms in total. The number of carbonyl (C=O) groups excluding carboxylic acids is 3. The summed E-state index contributed by atoms with van der Waals surface area (Å²) in [4.78, 5) is 57.6. The average Bonchev–Trinajstić information content (AvgIpc) is 3.42. The van der Waals surface area contributed by atoms with E-state index in [-0.39, 0.29) is 29.8 Å². The second-order valence-corrected chi connectivity index (χ2v) is 12.4. The SMILES string of the molecule is CN(CCCC(Cc1cccc(N2C(=O)C3(C(=O)Nc4ccccc43)c3ccccc32)c1)C(=O)O)C(=O)N(C)C(C)(C)C.